The Hall–Kier alpha value is -0.990. The zero-order valence-electron chi connectivity index (χ0n) is 10.3. The molecular weight excluding hydrogens is 256 g/mol. The fourth-order valence-corrected chi connectivity index (χ4v) is 2.39. The summed E-state index contributed by atoms with van der Waals surface area (Å²) in [7, 11) is -1.94. The minimum Gasteiger partial charge on any atom is -0.383 e. The number of nitrogens with two attached hydrogens (primary N) is 1. The maximum Gasteiger partial charge on any atom is 0.240 e. The predicted molar refractivity (Wildman–Crippen MR) is 67.3 cm³/mol. The van der Waals surface area contributed by atoms with E-state index < -0.39 is 10.0 Å². The molecule has 0 bridgehead atoms. The molecule has 0 aliphatic rings. The molecule has 0 aromatic heterocycles. The number of rotatable bonds is 8. The third-order valence-electron chi connectivity index (χ3n) is 2.34. The van der Waals surface area contributed by atoms with Gasteiger partial charge >= 0.3 is 0 Å². The van der Waals surface area contributed by atoms with Crippen molar-refractivity contribution in [2.75, 3.05) is 26.9 Å². The maximum absolute atomic E-state index is 11.8. The molecule has 0 saturated heterocycles. The van der Waals surface area contributed by atoms with E-state index in [4.69, 9.17) is 10.6 Å². The summed E-state index contributed by atoms with van der Waals surface area (Å²) in [5, 5.41) is 0. The van der Waals surface area contributed by atoms with Gasteiger partial charge in [0.25, 0.3) is 0 Å². The van der Waals surface area contributed by atoms with Gasteiger partial charge in [-0.25, -0.2) is 19.0 Å². The van der Waals surface area contributed by atoms with E-state index in [-0.39, 0.29) is 11.4 Å². The molecule has 18 heavy (non-hydrogen) atoms. The number of methoxy groups -OCH3 is 1. The lowest BCUT2D eigenvalue weighted by atomic mass is 10.2. The van der Waals surface area contributed by atoms with Gasteiger partial charge in [0, 0.05) is 13.7 Å². The first-order valence-electron chi connectivity index (χ1n) is 5.49. The molecule has 0 unspecified atom stereocenters. The van der Waals surface area contributed by atoms with Gasteiger partial charge in [0.1, 0.15) is 0 Å². The van der Waals surface area contributed by atoms with Crippen LogP contribution in [0.4, 0.5) is 0 Å². The Morgan fingerprint density at radius 2 is 1.89 bits per heavy atom. The Kier molecular flexibility index (Phi) is 6.23. The van der Waals surface area contributed by atoms with Crippen LogP contribution in [0.15, 0.2) is 29.2 Å². The lowest BCUT2D eigenvalue weighted by molar-refractivity contribution is 0.141. The fourth-order valence-electron chi connectivity index (χ4n) is 1.37. The van der Waals surface area contributed by atoms with Gasteiger partial charge in [0.05, 0.1) is 18.1 Å². The van der Waals surface area contributed by atoms with Crippen molar-refractivity contribution in [2.45, 2.75) is 11.3 Å². The van der Waals surface area contributed by atoms with E-state index in [1.807, 2.05) is 0 Å². The second-order valence-electron chi connectivity index (χ2n) is 3.66. The van der Waals surface area contributed by atoms with Gasteiger partial charge in [0.2, 0.25) is 10.0 Å². The standard InChI is InChI=1S/C11H18N2O4S/c1-16-9-7-13-18(14,15)11-4-2-10(3-5-11)6-8-17-12/h2-5,13H,6-9,12H2,1H3. The van der Waals surface area contributed by atoms with E-state index in [9.17, 15) is 8.42 Å². The van der Waals surface area contributed by atoms with Crippen molar-refractivity contribution in [3.05, 3.63) is 29.8 Å². The predicted octanol–water partition coefficient (Wildman–Crippen LogP) is 0.0441. The number of sulfonamides is 1. The van der Waals surface area contributed by atoms with E-state index in [1.54, 1.807) is 24.3 Å². The summed E-state index contributed by atoms with van der Waals surface area (Å²) in [5.74, 6) is 4.93. The van der Waals surface area contributed by atoms with Crippen molar-refractivity contribution in [1.29, 1.82) is 0 Å². The molecule has 6 nitrogen and oxygen atoms in total. The highest BCUT2D eigenvalue weighted by molar-refractivity contribution is 7.89. The average molecular weight is 274 g/mol. The topological polar surface area (TPSA) is 90.6 Å². The van der Waals surface area contributed by atoms with Crippen molar-refractivity contribution >= 4 is 10.0 Å². The molecule has 102 valence electrons. The molecule has 0 aliphatic carbocycles. The molecule has 1 rings (SSSR count). The van der Waals surface area contributed by atoms with Crippen LogP contribution in [0.3, 0.4) is 0 Å². The van der Waals surface area contributed by atoms with Crippen LogP contribution >= 0.6 is 0 Å². The van der Waals surface area contributed by atoms with Crippen LogP contribution in [0, 0.1) is 0 Å². The largest absolute Gasteiger partial charge is 0.383 e. The zero-order chi connectivity index (χ0) is 13.4. The summed E-state index contributed by atoms with van der Waals surface area (Å²) >= 11 is 0. The first-order valence-corrected chi connectivity index (χ1v) is 6.97. The smallest absolute Gasteiger partial charge is 0.240 e. The molecular formula is C11H18N2O4S. The molecule has 0 amide bonds. The van der Waals surface area contributed by atoms with Crippen LogP contribution in [-0.2, 0) is 26.0 Å². The first-order chi connectivity index (χ1) is 8.60. The van der Waals surface area contributed by atoms with Crippen molar-refractivity contribution < 1.29 is 18.0 Å². The summed E-state index contributed by atoms with van der Waals surface area (Å²) in [4.78, 5) is 4.70. The van der Waals surface area contributed by atoms with Gasteiger partial charge in [-0.1, -0.05) is 12.1 Å². The highest BCUT2D eigenvalue weighted by atomic mass is 32.2. The molecule has 0 aliphatic heterocycles. The maximum atomic E-state index is 11.8. The summed E-state index contributed by atoms with van der Waals surface area (Å²) in [6.45, 7) is 0.991. The summed E-state index contributed by atoms with van der Waals surface area (Å²) < 4.78 is 30.9. The Bertz CT molecular complexity index is 445. The van der Waals surface area contributed by atoms with Crippen LogP contribution in [0.1, 0.15) is 5.56 Å². The SMILES string of the molecule is COCCNS(=O)(=O)c1ccc(CCON)cc1. The van der Waals surface area contributed by atoms with Crippen LogP contribution in [0.2, 0.25) is 0 Å². The number of ether oxygens (including phenoxy) is 1. The van der Waals surface area contributed by atoms with E-state index in [0.717, 1.165) is 5.56 Å². The minimum atomic E-state index is -3.46. The van der Waals surface area contributed by atoms with Crippen molar-refractivity contribution in [3.8, 4) is 0 Å². The monoisotopic (exact) mass is 274 g/mol. The second-order valence-corrected chi connectivity index (χ2v) is 5.42. The van der Waals surface area contributed by atoms with Crippen LogP contribution in [-0.4, -0.2) is 35.3 Å². The lowest BCUT2D eigenvalue weighted by Gasteiger charge is -2.07. The Morgan fingerprint density at radius 3 is 2.44 bits per heavy atom. The number of hydrogen-bond acceptors (Lipinski definition) is 5. The molecule has 0 atom stereocenters. The molecule has 1 aromatic carbocycles. The lowest BCUT2D eigenvalue weighted by Crippen LogP contribution is -2.27. The minimum absolute atomic E-state index is 0.232. The Labute approximate surface area is 107 Å². The van der Waals surface area contributed by atoms with Gasteiger partial charge in [-0.05, 0) is 24.1 Å². The molecule has 0 spiro atoms. The Balaban J connectivity index is 2.65. The molecule has 0 heterocycles. The van der Waals surface area contributed by atoms with Crippen molar-refractivity contribution in [1.82, 2.24) is 4.72 Å². The first kappa shape index (κ1) is 15.1. The Morgan fingerprint density at radius 1 is 1.22 bits per heavy atom. The van der Waals surface area contributed by atoms with Crippen LogP contribution in [0.5, 0.6) is 0 Å². The van der Waals surface area contributed by atoms with E-state index in [0.29, 0.717) is 19.6 Å². The molecule has 0 radical (unpaired) electrons. The van der Waals surface area contributed by atoms with Crippen molar-refractivity contribution in [3.63, 3.8) is 0 Å². The summed E-state index contributed by atoms with van der Waals surface area (Å²) in [6.07, 6.45) is 0.647. The third kappa shape index (κ3) is 4.71. The average Bonchev–Trinajstić information content (AvgIpc) is 2.37. The number of hydrogen-bond donors (Lipinski definition) is 2. The van der Waals surface area contributed by atoms with Gasteiger partial charge in [0.15, 0.2) is 0 Å². The van der Waals surface area contributed by atoms with Gasteiger partial charge in [-0.15, -0.1) is 0 Å². The summed E-state index contributed by atoms with van der Waals surface area (Å²) in [5.41, 5.74) is 0.969. The van der Waals surface area contributed by atoms with Crippen molar-refractivity contribution in [2.24, 2.45) is 5.90 Å². The molecule has 3 N–H and O–H groups in total. The number of nitrogens with one attached hydrogen (secondary N) is 1. The normalized spacial score (nSPS) is 11.7. The van der Waals surface area contributed by atoms with E-state index in [2.05, 4.69) is 9.56 Å². The van der Waals surface area contributed by atoms with E-state index in [1.165, 1.54) is 7.11 Å². The molecule has 7 heteroatoms. The highest BCUT2D eigenvalue weighted by Gasteiger charge is 2.12. The summed E-state index contributed by atoms with van der Waals surface area (Å²) in [6, 6.07) is 6.59. The van der Waals surface area contributed by atoms with Gasteiger partial charge < -0.3 is 9.57 Å². The fraction of sp³-hybridized carbons (Fsp3) is 0.455. The molecule has 1 aromatic rings. The van der Waals surface area contributed by atoms with Crippen LogP contribution in [0.25, 0.3) is 0 Å². The quantitative estimate of drug-likeness (QED) is 0.516. The highest BCUT2D eigenvalue weighted by Crippen LogP contribution is 2.10. The molecule has 0 saturated carbocycles. The molecule has 0 fully saturated rings. The van der Waals surface area contributed by atoms with Crippen LogP contribution < -0.4 is 10.6 Å². The van der Waals surface area contributed by atoms with Gasteiger partial charge in [-0.2, -0.15) is 0 Å². The second kappa shape index (κ2) is 7.45. The van der Waals surface area contributed by atoms with E-state index >= 15 is 0 Å². The number of benzene rings is 1. The third-order valence-corrected chi connectivity index (χ3v) is 3.82. The van der Waals surface area contributed by atoms with Gasteiger partial charge in [-0.3, -0.25) is 0 Å². The zero-order valence-corrected chi connectivity index (χ0v) is 11.1.